The topological polar surface area (TPSA) is 38.1 Å². The van der Waals surface area contributed by atoms with E-state index in [1.54, 1.807) is 0 Å². The molecule has 1 fully saturated rings. The van der Waals surface area contributed by atoms with Crippen molar-refractivity contribution in [1.82, 2.24) is 14.7 Å². The van der Waals surface area contributed by atoms with Crippen LogP contribution in [0.4, 0.5) is 0 Å². The van der Waals surface area contributed by atoms with Crippen molar-refractivity contribution in [2.75, 3.05) is 13.1 Å². The molecule has 3 heterocycles. The Hall–Kier alpha value is -1.85. The second-order valence-electron chi connectivity index (χ2n) is 6.51. The lowest BCUT2D eigenvalue weighted by molar-refractivity contribution is 0.0766. The summed E-state index contributed by atoms with van der Waals surface area (Å²) in [4.78, 5) is 16.7. The molecule has 1 amide bonds. The van der Waals surface area contributed by atoms with Gasteiger partial charge in [-0.1, -0.05) is 30.5 Å². The van der Waals surface area contributed by atoms with E-state index in [-0.39, 0.29) is 5.91 Å². The molecule has 4 nitrogen and oxygen atoms in total. The van der Waals surface area contributed by atoms with E-state index in [4.69, 9.17) is 11.6 Å². The van der Waals surface area contributed by atoms with Crippen LogP contribution in [0.25, 0.3) is 15.9 Å². The third kappa shape index (κ3) is 3.18. The summed E-state index contributed by atoms with van der Waals surface area (Å²) in [6, 6.07) is 9.63. The Morgan fingerprint density at radius 2 is 1.92 bits per heavy atom. The van der Waals surface area contributed by atoms with E-state index in [0.717, 1.165) is 52.4 Å². The zero-order chi connectivity index (χ0) is 17.4. The van der Waals surface area contributed by atoms with Gasteiger partial charge in [0.05, 0.1) is 16.3 Å². The zero-order valence-corrected chi connectivity index (χ0v) is 15.7. The van der Waals surface area contributed by atoms with Crippen molar-refractivity contribution < 1.29 is 4.79 Å². The van der Waals surface area contributed by atoms with E-state index in [9.17, 15) is 4.79 Å². The van der Waals surface area contributed by atoms with Gasteiger partial charge >= 0.3 is 0 Å². The lowest BCUT2D eigenvalue weighted by atomic mass is 10.2. The van der Waals surface area contributed by atoms with E-state index in [1.807, 2.05) is 46.8 Å². The number of carbonyl (C=O) groups is 1. The summed E-state index contributed by atoms with van der Waals surface area (Å²) < 4.78 is 1.89. The minimum atomic E-state index is 0.153. The van der Waals surface area contributed by atoms with Crippen LogP contribution in [0.1, 0.15) is 41.0 Å². The van der Waals surface area contributed by atoms with Gasteiger partial charge in [0.15, 0.2) is 0 Å². The maximum absolute atomic E-state index is 12.9. The van der Waals surface area contributed by atoms with Crippen LogP contribution in [0.15, 0.2) is 30.3 Å². The number of hydrogen-bond acceptors (Lipinski definition) is 3. The van der Waals surface area contributed by atoms with Crippen molar-refractivity contribution in [2.45, 2.75) is 32.6 Å². The van der Waals surface area contributed by atoms with Crippen LogP contribution < -0.4 is 0 Å². The van der Waals surface area contributed by atoms with Crippen molar-refractivity contribution in [3.05, 3.63) is 45.9 Å². The lowest BCUT2D eigenvalue weighted by Crippen LogP contribution is -2.31. The Labute approximate surface area is 156 Å². The number of likely N-dealkylation sites (tertiary alicyclic amines) is 1. The maximum atomic E-state index is 12.9. The fourth-order valence-corrected chi connectivity index (χ4v) is 4.70. The second-order valence-corrected chi connectivity index (χ2v) is 7.98. The Morgan fingerprint density at radius 3 is 2.64 bits per heavy atom. The number of amides is 1. The molecule has 0 bridgehead atoms. The Bertz CT molecular complexity index is 922. The van der Waals surface area contributed by atoms with Gasteiger partial charge in [0.1, 0.15) is 4.83 Å². The first-order chi connectivity index (χ1) is 12.1. The molecule has 6 heteroatoms. The predicted octanol–water partition coefficient (Wildman–Crippen LogP) is 5.07. The summed E-state index contributed by atoms with van der Waals surface area (Å²) in [7, 11) is 0. The molecule has 1 aliphatic heterocycles. The Morgan fingerprint density at radius 1 is 1.16 bits per heavy atom. The smallest absolute Gasteiger partial charge is 0.264 e. The molecule has 0 radical (unpaired) electrons. The molecule has 0 saturated carbocycles. The average Bonchev–Trinajstić information content (AvgIpc) is 3.03. The highest BCUT2D eigenvalue weighted by Crippen LogP contribution is 2.32. The summed E-state index contributed by atoms with van der Waals surface area (Å²) >= 11 is 7.65. The van der Waals surface area contributed by atoms with Crippen LogP contribution in [0.5, 0.6) is 0 Å². The van der Waals surface area contributed by atoms with Crippen LogP contribution in [0, 0.1) is 6.92 Å². The molecule has 0 N–H and O–H groups in total. The molecule has 1 saturated heterocycles. The summed E-state index contributed by atoms with van der Waals surface area (Å²) in [6.07, 6.45) is 4.65. The van der Waals surface area contributed by atoms with Crippen molar-refractivity contribution in [3.8, 4) is 5.69 Å². The molecule has 3 aromatic rings. The van der Waals surface area contributed by atoms with Gasteiger partial charge in [0.25, 0.3) is 5.91 Å². The zero-order valence-electron chi connectivity index (χ0n) is 14.2. The van der Waals surface area contributed by atoms with Gasteiger partial charge in [-0.2, -0.15) is 5.10 Å². The number of halogens is 1. The number of aromatic nitrogens is 2. The van der Waals surface area contributed by atoms with Crippen LogP contribution in [-0.4, -0.2) is 33.7 Å². The van der Waals surface area contributed by atoms with E-state index in [2.05, 4.69) is 5.10 Å². The van der Waals surface area contributed by atoms with Crippen molar-refractivity contribution in [2.24, 2.45) is 0 Å². The highest BCUT2D eigenvalue weighted by molar-refractivity contribution is 7.20. The molecule has 0 unspecified atom stereocenters. The first-order valence-corrected chi connectivity index (χ1v) is 9.87. The minimum absolute atomic E-state index is 0.153. The van der Waals surface area contributed by atoms with Crippen molar-refractivity contribution >= 4 is 39.1 Å². The Balaban J connectivity index is 1.73. The normalized spacial score (nSPS) is 15.5. The van der Waals surface area contributed by atoms with E-state index in [0.29, 0.717) is 5.02 Å². The number of fused-ring (bicyclic) bond motifs is 1. The van der Waals surface area contributed by atoms with Crippen LogP contribution in [-0.2, 0) is 0 Å². The molecule has 25 heavy (non-hydrogen) atoms. The predicted molar refractivity (Wildman–Crippen MR) is 103 cm³/mol. The summed E-state index contributed by atoms with van der Waals surface area (Å²) in [5, 5.41) is 6.35. The van der Waals surface area contributed by atoms with Crippen molar-refractivity contribution in [3.63, 3.8) is 0 Å². The minimum Gasteiger partial charge on any atom is -0.338 e. The first kappa shape index (κ1) is 16.6. The molecule has 0 atom stereocenters. The molecule has 1 aromatic carbocycles. The van der Waals surface area contributed by atoms with Gasteiger partial charge in [-0.05, 0) is 44.0 Å². The number of benzene rings is 1. The van der Waals surface area contributed by atoms with E-state index >= 15 is 0 Å². The largest absolute Gasteiger partial charge is 0.338 e. The molecule has 2 aromatic heterocycles. The van der Waals surface area contributed by atoms with Gasteiger partial charge in [0, 0.05) is 23.5 Å². The van der Waals surface area contributed by atoms with Crippen LogP contribution in [0.3, 0.4) is 0 Å². The van der Waals surface area contributed by atoms with Gasteiger partial charge in [-0.15, -0.1) is 11.3 Å². The summed E-state index contributed by atoms with van der Waals surface area (Å²) in [6.45, 7) is 3.72. The maximum Gasteiger partial charge on any atom is 0.264 e. The van der Waals surface area contributed by atoms with Gasteiger partial charge in [-0.3, -0.25) is 4.79 Å². The van der Waals surface area contributed by atoms with E-state index in [1.165, 1.54) is 24.2 Å². The molecule has 0 aliphatic carbocycles. The standard InChI is InChI=1S/C19H20ClN3OS/c1-13-16-12-17(18(24)22-9-4-2-3-5-10-22)25-19(16)23(21-13)15-8-6-7-14(20)11-15/h6-8,11-12H,2-5,9-10H2,1H3. The number of nitrogens with zero attached hydrogens (tertiary/aromatic N) is 3. The number of aryl methyl sites for hydroxylation is 1. The van der Waals surface area contributed by atoms with Crippen LogP contribution in [0.2, 0.25) is 5.02 Å². The monoisotopic (exact) mass is 373 g/mol. The number of rotatable bonds is 2. The molecule has 130 valence electrons. The molecule has 0 spiro atoms. The quantitative estimate of drug-likeness (QED) is 0.629. The third-order valence-electron chi connectivity index (χ3n) is 4.70. The fraction of sp³-hybridized carbons (Fsp3) is 0.368. The second kappa shape index (κ2) is 6.81. The lowest BCUT2D eigenvalue weighted by Gasteiger charge is -2.19. The van der Waals surface area contributed by atoms with Gasteiger partial charge in [0.2, 0.25) is 0 Å². The number of thiophene rings is 1. The Kier molecular flexibility index (Phi) is 4.52. The molecule has 1 aliphatic rings. The molecular formula is C19H20ClN3OS. The SMILES string of the molecule is Cc1nn(-c2cccc(Cl)c2)c2sc(C(=O)N3CCCCCC3)cc12. The highest BCUT2D eigenvalue weighted by atomic mass is 35.5. The number of carbonyl (C=O) groups excluding carboxylic acids is 1. The summed E-state index contributed by atoms with van der Waals surface area (Å²) in [5.74, 6) is 0.153. The van der Waals surface area contributed by atoms with Gasteiger partial charge < -0.3 is 4.90 Å². The number of hydrogen-bond donors (Lipinski definition) is 0. The molecular weight excluding hydrogens is 354 g/mol. The van der Waals surface area contributed by atoms with E-state index < -0.39 is 0 Å². The third-order valence-corrected chi connectivity index (χ3v) is 6.04. The fourth-order valence-electron chi connectivity index (χ4n) is 3.37. The first-order valence-electron chi connectivity index (χ1n) is 8.68. The van der Waals surface area contributed by atoms with Crippen molar-refractivity contribution in [1.29, 1.82) is 0 Å². The molecule has 4 rings (SSSR count). The summed E-state index contributed by atoms with van der Waals surface area (Å²) in [5.41, 5.74) is 1.85. The van der Waals surface area contributed by atoms with Gasteiger partial charge in [-0.25, -0.2) is 4.68 Å². The highest BCUT2D eigenvalue weighted by Gasteiger charge is 2.22. The van der Waals surface area contributed by atoms with Crippen LogP contribution >= 0.6 is 22.9 Å². The average molecular weight is 374 g/mol.